The molecule has 1 aliphatic carbocycles. The van der Waals surface area contributed by atoms with Crippen LogP contribution < -0.4 is 5.73 Å². The van der Waals surface area contributed by atoms with Crippen LogP contribution in [-0.4, -0.2) is 16.7 Å². The molecule has 0 saturated heterocycles. The minimum atomic E-state index is 0.519. The molecule has 0 radical (unpaired) electrons. The van der Waals surface area contributed by atoms with Crippen LogP contribution in [0.15, 0.2) is 4.52 Å². The third-order valence-corrected chi connectivity index (χ3v) is 3.55. The lowest BCUT2D eigenvalue weighted by Gasteiger charge is -2.15. The van der Waals surface area contributed by atoms with Crippen LogP contribution in [-0.2, 0) is 6.42 Å². The molecule has 0 unspecified atom stereocenters. The van der Waals surface area contributed by atoms with Crippen LogP contribution >= 0.6 is 0 Å². The molecule has 1 fully saturated rings. The number of aromatic nitrogens is 2. The van der Waals surface area contributed by atoms with Crippen molar-refractivity contribution in [3.63, 3.8) is 0 Å². The molecule has 17 heavy (non-hydrogen) atoms. The van der Waals surface area contributed by atoms with Gasteiger partial charge in [-0.15, -0.1) is 0 Å². The molecule has 4 nitrogen and oxygen atoms in total. The normalized spacial score (nSPS) is 18.9. The maximum atomic E-state index is 5.47. The Kier molecular flexibility index (Phi) is 4.98. The molecule has 0 amide bonds. The second-order valence-electron chi connectivity index (χ2n) is 4.98. The zero-order valence-electron chi connectivity index (χ0n) is 10.5. The summed E-state index contributed by atoms with van der Waals surface area (Å²) in [4.78, 5) is 4.51. The zero-order chi connectivity index (χ0) is 11.9. The first-order valence-corrected chi connectivity index (χ1v) is 6.92. The molecule has 0 spiro atoms. The van der Waals surface area contributed by atoms with E-state index in [4.69, 9.17) is 10.3 Å². The highest BCUT2D eigenvalue weighted by atomic mass is 16.5. The summed E-state index contributed by atoms with van der Waals surface area (Å²) < 4.78 is 5.28. The Balaban J connectivity index is 1.92. The van der Waals surface area contributed by atoms with E-state index in [2.05, 4.69) is 10.1 Å². The van der Waals surface area contributed by atoms with Crippen molar-refractivity contribution in [2.24, 2.45) is 5.73 Å². The Morgan fingerprint density at radius 2 is 1.82 bits per heavy atom. The van der Waals surface area contributed by atoms with Gasteiger partial charge in [0.25, 0.3) is 0 Å². The SMILES string of the molecule is NCCCc1nc(C2CCCCCCC2)no1. The van der Waals surface area contributed by atoms with Crippen molar-refractivity contribution >= 4 is 0 Å². The number of aryl methyl sites for hydroxylation is 1. The molecular formula is C13H23N3O. The van der Waals surface area contributed by atoms with Crippen LogP contribution in [0, 0.1) is 0 Å². The molecule has 4 heteroatoms. The van der Waals surface area contributed by atoms with E-state index in [1.165, 1.54) is 44.9 Å². The maximum Gasteiger partial charge on any atom is 0.226 e. The average molecular weight is 237 g/mol. The fourth-order valence-electron chi connectivity index (χ4n) is 2.50. The second kappa shape index (κ2) is 6.74. The number of hydrogen-bond donors (Lipinski definition) is 1. The van der Waals surface area contributed by atoms with Crippen molar-refractivity contribution in [1.29, 1.82) is 0 Å². The maximum absolute atomic E-state index is 5.47. The van der Waals surface area contributed by atoms with E-state index < -0.39 is 0 Å². The average Bonchev–Trinajstić information content (AvgIpc) is 2.74. The van der Waals surface area contributed by atoms with Gasteiger partial charge in [0.1, 0.15) is 0 Å². The Hall–Kier alpha value is -0.900. The lowest BCUT2D eigenvalue weighted by atomic mass is 9.91. The molecule has 1 aromatic heterocycles. The number of hydrogen-bond acceptors (Lipinski definition) is 4. The van der Waals surface area contributed by atoms with Crippen LogP contribution in [0.25, 0.3) is 0 Å². The summed E-state index contributed by atoms with van der Waals surface area (Å²) in [6.07, 6.45) is 10.9. The largest absolute Gasteiger partial charge is 0.339 e. The van der Waals surface area contributed by atoms with Crippen molar-refractivity contribution in [2.75, 3.05) is 6.54 Å². The van der Waals surface area contributed by atoms with Crippen molar-refractivity contribution in [1.82, 2.24) is 10.1 Å². The predicted molar refractivity (Wildman–Crippen MR) is 66.7 cm³/mol. The summed E-state index contributed by atoms with van der Waals surface area (Å²) >= 11 is 0. The lowest BCUT2D eigenvalue weighted by Crippen LogP contribution is -2.05. The molecule has 1 aromatic rings. The first-order chi connectivity index (χ1) is 8.40. The molecule has 0 aromatic carbocycles. The van der Waals surface area contributed by atoms with Gasteiger partial charge in [0.05, 0.1) is 0 Å². The van der Waals surface area contributed by atoms with Gasteiger partial charge in [0, 0.05) is 12.3 Å². The molecule has 0 bridgehead atoms. The molecule has 0 atom stereocenters. The van der Waals surface area contributed by atoms with Crippen LogP contribution in [0.2, 0.25) is 0 Å². The quantitative estimate of drug-likeness (QED) is 0.874. The highest BCUT2D eigenvalue weighted by molar-refractivity contribution is 4.96. The third kappa shape index (κ3) is 3.80. The summed E-state index contributed by atoms with van der Waals surface area (Å²) in [6, 6.07) is 0. The van der Waals surface area contributed by atoms with E-state index in [1.807, 2.05) is 0 Å². The highest BCUT2D eigenvalue weighted by Crippen LogP contribution is 2.29. The molecule has 2 rings (SSSR count). The van der Waals surface area contributed by atoms with E-state index in [0.717, 1.165) is 24.6 Å². The fraction of sp³-hybridized carbons (Fsp3) is 0.846. The molecule has 0 aliphatic heterocycles. The molecule has 2 N–H and O–H groups in total. The van der Waals surface area contributed by atoms with E-state index >= 15 is 0 Å². The van der Waals surface area contributed by atoms with Gasteiger partial charge in [-0.05, 0) is 25.8 Å². The standard InChI is InChI=1S/C13H23N3O/c14-10-6-9-12-15-13(16-17-12)11-7-4-2-1-3-5-8-11/h11H,1-10,14H2. The van der Waals surface area contributed by atoms with E-state index in [0.29, 0.717) is 12.5 Å². The summed E-state index contributed by atoms with van der Waals surface area (Å²) in [7, 11) is 0. The van der Waals surface area contributed by atoms with Crippen molar-refractivity contribution in [2.45, 2.75) is 63.7 Å². The minimum absolute atomic E-state index is 0.519. The second-order valence-corrected chi connectivity index (χ2v) is 4.98. The molecule has 1 saturated carbocycles. The lowest BCUT2D eigenvalue weighted by molar-refractivity contribution is 0.360. The zero-order valence-corrected chi connectivity index (χ0v) is 10.5. The fourth-order valence-corrected chi connectivity index (χ4v) is 2.50. The van der Waals surface area contributed by atoms with Gasteiger partial charge in [0.15, 0.2) is 5.82 Å². The summed E-state index contributed by atoms with van der Waals surface area (Å²) in [5, 5.41) is 4.14. The Morgan fingerprint density at radius 3 is 2.53 bits per heavy atom. The highest BCUT2D eigenvalue weighted by Gasteiger charge is 2.19. The van der Waals surface area contributed by atoms with E-state index in [1.54, 1.807) is 0 Å². The Bertz CT molecular complexity index is 316. The van der Waals surface area contributed by atoms with Gasteiger partial charge in [-0.25, -0.2) is 0 Å². The van der Waals surface area contributed by atoms with Gasteiger partial charge in [-0.1, -0.05) is 37.3 Å². The first kappa shape index (κ1) is 12.6. The van der Waals surface area contributed by atoms with Gasteiger partial charge >= 0.3 is 0 Å². The minimum Gasteiger partial charge on any atom is -0.339 e. The molecule has 1 aliphatic rings. The summed E-state index contributed by atoms with van der Waals surface area (Å²) in [5.41, 5.74) is 5.47. The smallest absolute Gasteiger partial charge is 0.226 e. The molecular weight excluding hydrogens is 214 g/mol. The molecule has 1 heterocycles. The predicted octanol–water partition coefficient (Wildman–Crippen LogP) is 2.79. The Labute approximate surface area is 103 Å². The van der Waals surface area contributed by atoms with Gasteiger partial charge in [-0.3, -0.25) is 0 Å². The third-order valence-electron chi connectivity index (χ3n) is 3.55. The number of nitrogens with zero attached hydrogens (tertiary/aromatic N) is 2. The van der Waals surface area contributed by atoms with Crippen LogP contribution in [0.3, 0.4) is 0 Å². The van der Waals surface area contributed by atoms with Crippen LogP contribution in [0.4, 0.5) is 0 Å². The summed E-state index contributed by atoms with van der Waals surface area (Å²) in [6.45, 7) is 0.682. The van der Waals surface area contributed by atoms with Crippen LogP contribution in [0.1, 0.15) is 69.0 Å². The van der Waals surface area contributed by atoms with Crippen molar-refractivity contribution in [3.05, 3.63) is 11.7 Å². The molecule has 96 valence electrons. The summed E-state index contributed by atoms with van der Waals surface area (Å²) in [5.74, 6) is 2.21. The Morgan fingerprint density at radius 1 is 1.12 bits per heavy atom. The van der Waals surface area contributed by atoms with Crippen molar-refractivity contribution in [3.8, 4) is 0 Å². The topological polar surface area (TPSA) is 64.9 Å². The van der Waals surface area contributed by atoms with Crippen LogP contribution in [0.5, 0.6) is 0 Å². The monoisotopic (exact) mass is 237 g/mol. The van der Waals surface area contributed by atoms with E-state index in [-0.39, 0.29) is 0 Å². The van der Waals surface area contributed by atoms with Gasteiger partial charge in [0.2, 0.25) is 5.89 Å². The van der Waals surface area contributed by atoms with Gasteiger partial charge in [-0.2, -0.15) is 4.98 Å². The first-order valence-electron chi connectivity index (χ1n) is 6.92. The number of rotatable bonds is 4. The van der Waals surface area contributed by atoms with Gasteiger partial charge < -0.3 is 10.3 Å². The number of nitrogens with two attached hydrogens (primary N) is 1. The van der Waals surface area contributed by atoms with E-state index in [9.17, 15) is 0 Å². The van der Waals surface area contributed by atoms with Crippen molar-refractivity contribution < 1.29 is 4.52 Å².